The van der Waals surface area contributed by atoms with Gasteiger partial charge in [-0.15, -0.1) is 0 Å². The number of hydrogen-bond donors (Lipinski definition) is 1. The number of nitrogens with one attached hydrogen (secondary N) is 1. The second-order valence-electron chi connectivity index (χ2n) is 3.46. The molecular formula is C8H11BrN2O2. The lowest BCUT2D eigenvalue weighted by Gasteiger charge is -2.15. The van der Waals surface area contributed by atoms with Gasteiger partial charge in [0, 0.05) is 4.48 Å². The van der Waals surface area contributed by atoms with Crippen LogP contribution in [0, 0.1) is 0 Å². The molecule has 0 radical (unpaired) electrons. The maximum Gasteiger partial charge on any atom is 0.325 e. The summed E-state index contributed by atoms with van der Waals surface area (Å²) in [7, 11) is 0. The number of rotatable bonds is 2. The maximum absolute atomic E-state index is 11.6. The topological polar surface area (TPSA) is 49.4 Å². The molecule has 5 heteroatoms. The van der Waals surface area contributed by atoms with Crippen LogP contribution in [0.4, 0.5) is 4.79 Å². The fourth-order valence-electron chi connectivity index (χ4n) is 1.13. The Morgan fingerprint density at radius 2 is 2.15 bits per heavy atom. The zero-order valence-corrected chi connectivity index (χ0v) is 9.14. The van der Waals surface area contributed by atoms with Gasteiger partial charge in [-0.05, 0) is 13.8 Å². The summed E-state index contributed by atoms with van der Waals surface area (Å²) >= 11 is 3.11. The Morgan fingerprint density at radius 1 is 1.62 bits per heavy atom. The Kier molecular flexibility index (Phi) is 2.47. The standard InChI is InChI=1S/C8H11BrN2O2/c1-5(9)4-11-6(12)8(2,3)10-7(11)13/h1,4H2,2-3H3,(H,10,13). The minimum Gasteiger partial charge on any atom is -0.324 e. The highest BCUT2D eigenvalue weighted by atomic mass is 79.9. The van der Waals surface area contributed by atoms with E-state index in [1.807, 2.05) is 0 Å². The van der Waals surface area contributed by atoms with Crippen LogP contribution < -0.4 is 5.32 Å². The molecule has 0 unspecified atom stereocenters. The highest BCUT2D eigenvalue weighted by molar-refractivity contribution is 9.11. The van der Waals surface area contributed by atoms with E-state index in [-0.39, 0.29) is 18.5 Å². The van der Waals surface area contributed by atoms with E-state index in [9.17, 15) is 9.59 Å². The Bertz CT molecular complexity index is 286. The first kappa shape index (κ1) is 10.2. The molecule has 0 atom stereocenters. The van der Waals surface area contributed by atoms with E-state index < -0.39 is 5.54 Å². The van der Waals surface area contributed by atoms with Gasteiger partial charge in [0.05, 0.1) is 6.54 Å². The van der Waals surface area contributed by atoms with Gasteiger partial charge >= 0.3 is 6.03 Å². The molecule has 1 saturated heterocycles. The highest BCUT2D eigenvalue weighted by Crippen LogP contribution is 2.18. The van der Waals surface area contributed by atoms with Gasteiger partial charge in [0.25, 0.3) is 5.91 Å². The number of carbonyl (C=O) groups is 2. The van der Waals surface area contributed by atoms with Crippen molar-refractivity contribution in [2.75, 3.05) is 6.54 Å². The first-order valence-corrected chi connectivity index (χ1v) is 4.61. The van der Waals surface area contributed by atoms with E-state index in [1.165, 1.54) is 0 Å². The quantitative estimate of drug-likeness (QED) is 0.746. The van der Waals surface area contributed by atoms with Crippen LogP contribution in [0.5, 0.6) is 0 Å². The minimum atomic E-state index is -0.792. The van der Waals surface area contributed by atoms with Crippen LogP contribution in [0.15, 0.2) is 11.1 Å². The lowest BCUT2D eigenvalue weighted by molar-refractivity contribution is -0.129. The molecule has 1 N–H and O–H groups in total. The third-order valence-electron chi connectivity index (χ3n) is 1.77. The summed E-state index contributed by atoms with van der Waals surface area (Å²) in [6, 6.07) is -0.365. The van der Waals surface area contributed by atoms with Crippen molar-refractivity contribution in [3.05, 3.63) is 11.1 Å². The zero-order valence-electron chi connectivity index (χ0n) is 7.56. The van der Waals surface area contributed by atoms with E-state index in [0.717, 1.165) is 4.90 Å². The van der Waals surface area contributed by atoms with Crippen molar-refractivity contribution >= 4 is 27.9 Å². The minimum absolute atomic E-state index is 0.216. The van der Waals surface area contributed by atoms with Crippen molar-refractivity contribution < 1.29 is 9.59 Å². The normalized spacial score (nSPS) is 20.4. The predicted octanol–water partition coefficient (Wildman–Crippen LogP) is 1.23. The summed E-state index contributed by atoms with van der Waals surface area (Å²) in [4.78, 5) is 24.0. The number of amides is 3. The first-order chi connectivity index (χ1) is 5.84. The zero-order chi connectivity index (χ0) is 10.2. The number of imide groups is 1. The molecule has 4 nitrogen and oxygen atoms in total. The van der Waals surface area contributed by atoms with Gasteiger partial charge in [-0.1, -0.05) is 22.5 Å². The van der Waals surface area contributed by atoms with Crippen LogP contribution in [-0.4, -0.2) is 28.9 Å². The van der Waals surface area contributed by atoms with Crippen LogP contribution >= 0.6 is 15.9 Å². The summed E-state index contributed by atoms with van der Waals surface area (Å²) < 4.78 is 0.605. The third kappa shape index (κ3) is 1.91. The second kappa shape index (κ2) is 3.14. The van der Waals surface area contributed by atoms with Gasteiger partial charge in [0.15, 0.2) is 0 Å². The smallest absolute Gasteiger partial charge is 0.324 e. The molecule has 72 valence electrons. The number of carbonyl (C=O) groups excluding carboxylic acids is 2. The molecule has 0 spiro atoms. The fraction of sp³-hybridized carbons (Fsp3) is 0.500. The molecule has 3 amide bonds. The highest BCUT2D eigenvalue weighted by Gasteiger charge is 2.43. The first-order valence-electron chi connectivity index (χ1n) is 3.82. The Hall–Kier alpha value is -0.840. The third-order valence-corrected chi connectivity index (χ3v) is 2.02. The van der Waals surface area contributed by atoms with Crippen LogP contribution in [-0.2, 0) is 4.79 Å². The average molecular weight is 247 g/mol. The predicted molar refractivity (Wildman–Crippen MR) is 52.4 cm³/mol. The van der Waals surface area contributed by atoms with Crippen LogP contribution in [0.1, 0.15) is 13.8 Å². The van der Waals surface area contributed by atoms with E-state index >= 15 is 0 Å². The van der Waals surface area contributed by atoms with Crippen LogP contribution in [0.25, 0.3) is 0 Å². The van der Waals surface area contributed by atoms with Crippen molar-refractivity contribution in [2.45, 2.75) is 19.4 Å². The van der Waals surface area contributed by atoms with Gasteiger partial charge in [-0.3, -0.25) is 9.69 Å². The Balaban J connectivity index is 2.83. The number of nitrogens with zero attached hydrogens (tertiary/aromatic N) is 1. The lowest BCUT2D eigenvalue weighted by Crippen LogP contribution is -2.40. The van der Waals surface area contributed by atoms with E-state index in [4.69, 9.17) is 0 Å². The largest absolute Gasteiger partial charge is 0.325 e. The molecule has 0 saturated carbocycles. The van der Waals surface area contributed by atoms with E-state index in [1.54, 1.807) is 13.8 Å². The van der Waals surface area contributed by atoms with Crippen LogP contribution in [0.2, 0.25) is 0 Å². The Labute approximate surface area is 85.1 Å². The summed E-state index contributed by atoms with van der Waals surface area (Å²) in [5.74, 6) is -0.224. The van der Waals surface area contributed by atoms with Crippen LogP contribution in [0.3, 0.4) is 0 Å². The molecule has 13 heavy (non-hydrogen) atoms. The van der Waals surface area contributed by atoms with Crippen molar-refractivity contribution in [1.29, 1.82) is 0 Å². The SMILES string of the molecule is C=C(Br)CN1C(=O)NC(C)(C)C1=O. The Morgan fingerprint density at radius 3 is 2.46 bits per heavy atom. The van der Waals surface area contributed by atoms with Crippen molar-refractivity contribution in [2.24, 2.45) is 0 Å². The summed E-state index contributed by atoms with van der Waals surface area (Å²) in [6.45, 7) is 7.14. The van der Waals surface area contributed by atoms with Gasteiger partial charge in [-0.2, -0.15) is 0 Å². The molecule has 0 bridgehead atoms. The van der Waals surface area contributed by atoms with Crippen molar-refractivity contribution in [1.82, 2.24) is 10.2 Å². The van der Waals surface area contributed by atoms with Gasteiger partial charge in [0.1, 0.15) is 5.54 Å². The summed E-state index contributed by atoms with van der Waals surface area (Å²) in [6.07, 6.45) is 0. The summed E-state index contributed by atoms with van der Waals surface area (Å²) in [5, 5.41) is 2.57. The molecule has 0 aromatic rings. The molecule has 0 aromatic carbocycles. The number of hydrogen-bond acceptors (Lipinski definition) is 2. The average Bonchev–Trinajstić information content (AvgIpc) is 2.12. The molecule has 0 aliphatic carbocycles. The summed E-state index contributed by atoms with van der Waals surface area (Å²) in [5.41, 5.74) is -0.792. The molecule has 0 aromatic heterocycles. The van der Waals surface area contributed by atoms with E-state index in [2.05, 4.69) is 27.8 Å². The monoisotopic (exact) mass is 246 g/mol. The molecule has 1 rings (SSSR count). The van der Waals surface area contributed by atoms with Crippen molar-refractivity contribution in [3.63, 3.8) is 0 Å². The molecule has 1 heterocycles. The molecule has 1 aliphatic heterocycles. The van der Waals surface area contributed by atoms with Gasteiger partial charge in [0.2, 0.25) is 0 Å². The van der Waals surface area contributed by atoms with Gasteiger partial charge in [-0.25, -0.2) is 4.79 Å². The number of halogens is 1. The van der Waals surface area contributed by atoms with E-state index in [0.29, 0.717) is 4.48 Å². The van der Waals surface area contributed by atoms with Gasteiger partial charge < -0.3 is 5.32 Å². The molecule has 1 fully saturated rings. The lowest BCUT2D eigenvalue weighted by atomic mass is 10.1. The maximum atomic E-state index is 11.6. The number of urea groups is 1. The molecular weight excluding hydrogens is 236 g/mol. The molecule has 1 aliphatic rings. The fourth-order valence-corrected chi connectivity index (χ4v) is 1.38. The second-order valence-corrected chi connectivity index (χ2v) is 4.59. The van der Waals surface area contributed by atoms with Crippen molar-refractivity contribution in [3.8, 4) is 0 Å².